The van der Waals surface area contributed by atoms with Crippen LogP contribution in [0.2, 0.25) is 5.02 Å². The number of hydrogen-bond donors (Lipinski definition) is 1. The maximum Gasteiger partial charge on any atom is 0.257 e. The van der Waals surface area contributed by atoms with E-state index in [1.165, 1.54) is 10.5 Å². The number of aryl methyl sites for hydroxylation is 1. The van der Waals surface area contributed by atoms with Crippen LogP contribution >= 0.6 is 11.6 Å². The van der Waals surface area contributed by atoms with Crippen LogP contribution in [0.25, 0.3) is 0 Å². The third-order valence-corrected chi connectivity index (χ3v) is 7.27. The normalized spacial score (nSPS) is 21.9. The maximum atomic E-state index is 13.5. The molecular formula is C28H25ClN2O3. The molecule has 3 aromatic rings. The summed E-state index contributed by atoms with van der Waals surface area (Å²) in [6.45, 7) is 1.87. The molecule has 0 unspecified atom stereocenters. The molecule has 0 bridgehead atoms. The van der Waals surface area contributed by atoms with Crippen LogP contribution in [-0.4, -0.2) is 17.7 Å². The number of fused-ring (bicyclic) bond motifs is 1. The summed E-state index contributed by atoms with van der Waals surface area (Å²) in [4.78, 5) is 41.4. The topological polar surface area (TPSA) is 66.5 Å². The molecule has 34 heavy (non-hydrogen) atoms. The number of imide groups is 1. The second-order valence-corrected chi connectivity index (χ2v) is 9.51. The molecule has 1 aliphatic carbocycles. The molecule has 3 aromatic carbocycles. The number of carbonyl (C=O) groups excluding carboxylic acids is 3. The molecule has 3 amide bonds. The van der Waals surface area contributed by atoms with Gasteiger partial charge in [0.1, 0.15) is 0 Å². The second-order valence-electron chi connectivity index (χ2n) is 9.08. The van der Waals surface area contributed by atoms with E-state index in [1.54, 1.807) is 36.4 Å². The lowest BCUT2D eigenvalue weighted by molar-refractivity contribution is -0.122. The Hall–Kier alpha value is -3.44. The van der Waals surface area contributed by atoms with Crippen molar-refractivity contribution in [3.8, 4) is 0 Å². The van der Waals surface area contributed by atoms with Crippen molar-refractivity contribution in [1.29, 1.82) is 0 Å². The molecular weight excluding hydrogens is 448 g/mol. The predicted octanol–water partition coefficient (Wildman–Crippen LogP) is 5.97. The van der Waals surface area contributed by atoms with E-state index in [4.69, 9.17) is 11.6 Å². The van der Waals surface area contributed by atoms with Crippen molar-refractivity contribution in [1.82, 2.24) is 0 Å². The lowest BCUT2D eigenvalue weighted by Gasteiger charge is -2.28. The number of para-hydroxylation sites is 1. The van der Waals surface area contributed by atoms with Gasteiger partial charge in [0.2, 0.25) is 11.8 Å². The number of hydrogen-bond acceptors (Lipinski definition) is 3. The van der Waals surface area contributed by atoms with Gasteiger partial charge in [-0.1, -0.05) is 60.1 Å². The molecule has 1 N–H and O–H groups in total. The lowest BCUT2D eigenvalue weighted by atomic mass is 9.73. The monoisotopic (exact) mass is 472 g/mol. The molecule has 5 rings (SSSR count). The van der Waals surface area contributed by atoms with Crippen molar-refractivity contribution in [2.24, 2.45) is 11.8 Å². The molecule has 1 aliphatic heterocycles. The molecule has 5 nitrogen and oxygen atoms in total. The minimum atomic E-state index is -0.390. The molecule has 172 valence electrons. The zero-order valence-corrected chi connectivity index (χ0v) is 19.6. The fraction of sp³-hybridized carbons (Fsp3) is 0.250. The molecule has 3 atom stereocenters. The van der Waals surface area contributed by atoms with Gasteiger partial charge in [0.05, 0.1) is 23.1 Å². The molecule has 0 spiro atoms. The fourth-order valence-electron chi connectivity index (χ4n) is 5.22. The first kappa shape index (κ1) is 22.4. The van der Waals surface area contributed by atoms with Crippen molar-refractivity contribution in [2.45, 2.75) is 32.1 Å². The zero-order valence-electron chi connectivity index (χ0n) is 18.8. The molecule has 0 aromatic heterocycles. The van der Waals surface area contributed by atoms with E-state index in [-0.39, 0.29) is 35.1 Å². The fourth-order valence-corrected chi connectivity index (χ4v) is 5.40. The van der Waals surface area contributed by atoms with E-state index in [9.17, 15) is 14.4 Å². The van der Waals surface area contributed by atoms with E-state index in [2.05, 4.69) is 17.4 Å². The number of benzene rings is 3. The van der Waals surface area contributed by atoms with Crippen LogP contribution in [0.1, 0.15) is 46.7 Å². The van der Waals surface area contributed by atoms with Crippen molar-refractivity contribution >= 4 is 40.7 Å². The van der Waals surface area contributed by atoms with Gasteiger partial charge in [0, 0.05) is 10.7 Å². The summed E-state index contributed by atoms with van der Waals surface area (Å²) in [5.41, 5.74) is 3.27. The number of nitrogens with one attached hydrogen (secondary N) is 1. The summed E-state index contributed by atoms with van der Waals surface area (Å²) in [5.74, 6) is -1.26. The Morgan fingerprint density at radius 2 is 1.62 bits per heavy atom. The van der Waals surface area contributed by atoms with Gasteiger partial charge in [-0.25, -0.2) is 4.90 Å². The Bertz CT molecular complexity index is 1270. The van der Waals surface area contributed by atoms with Gasteiger partial charge < -0.3 is 5.32 Å². The Morgan fingerprint density at radius 1 is 0.912 bits per heavy atom. The second kappa shape index (κ2) is 9.07. The molecule has 1 saturated carbocycles. The third-order valence-electron chi connectivity index (χ3n) is 7.03. The SMILES string of the molecule is Cc1ccc(Cl)cc1NC(=O)c1ccccc1N1C(=O)[C@@H]2CC[C@H](c3ccccc3)C[C@H]2C1=O. The predicted molar refractivity (Wildman–Crippen MR) is 133 cm³/mol. The van der Waals surface area contributed by atoms with E-state index >= 15 is 0 Å². The Balaban J connectivity index is 1.42. The van der Waals surface area contributed by atoms with Crippen molar-refractivity contribution in [3.05, 3.63) is 94.5 Å². The molecule has 0 radical (unpaired) electrons. The van der Waals surface area contributed by atoms with Crippen LogP contribution in [0, 0.1) is 18.8 Å². The molecule has 1 saturated heterocycles. The quantitative estimate of drug-likeness (QED) is 0.475. The highest BCUT2D eigenvalue weighted by molar-refractivity contribution is 6.31. The van der Waals surface area contributed by atoms with Crippen LogP contribution in [0.5, 0.6) is 0 Å². The summed E-state index contributed by atoms with van der Waals surface area (Å²) in [6.07, 6.45) is 2.18. The van der Waals surface area contributed by atoms with Crippen LogP contribution in [-0.2, 0) is 9.59 Å². The van der Waals surface area contributed by atoms with Gasteiger partial charge >= 0.3 is 0 Å². The van der Waals surface area contributed by atoms with E-state index in [1.807, 2.05) is 31.2 Å². The first-order valence-corrected chi connectivity index (χ1v) is 11.9. The zero-order chi connectivity index (χ0) is 23.8. The summed E-state index contributed by atoms with van der Waals surface area (Å²) in [5, 5.41) is 3.39. The minimum absolute atomic E-state index is 0.208. The average Bonchev–Trinajstić information content (AvgIpc) is 3.11. The van der Waals surface area contributed by atoms with Gasteiger partial charge in [-0.05, 0) is 67.5 Å². The number of amides is 3. The van der Waals surface area contributed by atoms with E-state index < -0.39 is 5.91 Å². The standard InChI is InChI=1S/C28H25ClN2O3/c1-17-11-13-20(29)16-24(17)30-26(32)22-9-5-6-10-25(22)31-27(33)21-14-12-19(15-23(21)28(31)34)18-7-3-2-4-8-18/h2-11,13,16,19,21,23H,12,14-15H2,1H3,(H,30,32)/t19-,21+,23+/m0/s1. The first-order valence-electron chi connectivity index (χ1n) is 11.5. The number of carbonyl (C=O) groups is 3. The maximum absolute atomic E-state index is 13.5. The van der Waals surface area contributed by atoms with Gasteiger partial charge in [0.15, 0.2) is 0 Å². The number of nitrogens with zero attached hydrogens (tertiary/aromatic N) is 1. The van der Waals surface area contributed by atoms with Gasteiger partial charge in [-0.15, -0.1) is 0 Å². The van der Waals surface area contributed by atoms with Crippen LogP contribution in [0.3, 0.4) is 0 Å². The van der Waals surface area contributed by atoms with Gasteiger partial charge in [0.25, 0.3) is 5.91 Å². The van der Waals surface area contributed by atoms with Crippen molar-refractivity contribution in [3.63, 3.8) is 0 Å². The Kier molecular flexibility index (Phi) is 5.96. The van der Waals surface area contributed by atoms with Gasteiger partial charge in [-0.3, -0.25) is 14.4 Å². The number of halogens is 1. The Labute approximate surface area is 203 Å². The molecule has 2 fully saturated rings. The number of anilines is 2. The van der Waals surface area contributed by atoms with Gasteiger partial charge in [-0.2, -0.15) is 0 Å². The van der Waals surface area contributed by atoms with Crippen LogP contribution < -0.4 is 10.2 Å². The highest BCUT2D eigenvalue weighted by atomic mass is 35.5. The molecule has 1 heterocycles. The van der Waals surface area contributed by atoms with Crippen molar-refractivity contribution in [2.75, 3.05) is 10.2 Å². The van der Waals surface area contributed by atoms with E-state index in [0.29, 0.717) is 29.2 Å². The summed E-state index contributed by atoms with van der Waals surface area (Å²) in [7, 11) is 0. The summed E-state index contributed by atoms with van der Waals surface area (Å²) < 4.78 is 0. The minimum Gasteiger partial charge on any atom is -0.322 e. The highest BCUT2D eigenvalue weighted by Crippen LogP contribution is 2.46. The smallest absolute Gasteiger partial charge is 0.257 e. The first-order chi connectivity index (χ1) is 16.4. The number of rotatable bonds is 4. The van der Waals surface area contributed by atoms with Crippen LogP contribution in [0.4, 0.5) is 11.4 Å². The molecule has 2 aliphatic rings. The highest BCUT2D eigenvalue weighted by Gasteiger charge is 2.51. The summed E-state index contributed by atoms with van der Waals surface area (Å²) >= 11 is 6.10. The van der Waals surface area contributed by atoms with E-state index in [0.717, 1.165) is 12.0 Å². The largest absolute Gasteiger partial charge is 0.322 e. The van der Waals surface area contributed by atoms with Crippen molar-refractivity contribution < 1.29 is 14.4 Å². The molecule has 6 heteroatoms. The summed E-state index contributed by atoms with van der Waals surface area (Å²) in [6, 6.07) is 22.2. The average molecular weight is 473 g/mol. The lowest BCUT2D eigenvalue weighted by Crippen LogP contribution is -2.33. The third kappa shape index (κ3) is 4.01. The van der Waals surface area contributed by atoms with Crippen LogP contribution in [0.15, 0.2) is 72.8 Å². The Morgan fingerprint density at radius 3 is 2.41 bits per heavy atom.